The van der Waals surface area contributed by atoms with Crippen molar-refractivity contribution in [3.8, 4) is 0 Å². The maximum Gasteiger partial charge on any atom is 0.123 e. The molecule has 0 bridgehead atoms. The van der Waals surface area contributed by atoms with E-state index in [1.807, 2.05) is 27.1 Å². The normalized spacial score (nSPS) is 12.2. The van der Waals surface area contributed by atoms with Gasteiger partial charge in [-0.15, -0.1) is 0 Å². The average molecular weight is 272 g/mol. The van der Waals surface area contributed by atoms with E-state index in [0.29, 0.717) is 0 Å². The highest BCUT2D eigenvalue weighted by Gasteiger charge is 2.14. The third kappa shape index (κ3) is 2.99. The number of anilines is 2. The van der Waals surface area contributed by atoms with E-state index in [0.717, 1.165) is 16.9 Å². The molecule has 1 N–H and O–H groups in total. The van der Waals surface area contributed by atoms with Gasteiger partial charge in [-0.25, -0.2) is 4.39 Å². The van der Waals surface area contributed by atoms with Gasteiger partial charge >= 0.3 is 0 Å². The quantitative estimate of drug-likeness (QED) is 0.898. The maximum atomic E-state index is 13.5. The molecule has 0 aromatic heterocycles. The molecule has 1 unspecified atom stereocenters. The lowest BCUT2D eigenvalue weighted by molar-refractivity contribution is 0.608. The number of rotatable bonds is 4. The Morgan fingerprint density at radius 2 is 1.75 bits per heavy atom. The Balaban J connectivity index is 2.43. The average Bonchev–Trinajstić information content (AvgIpc) is 2.46. The van der Waals surface area contributed by atoms with E-state index in [9.17, 15) is 4.39 Å². The summed E-state index contributed by atoms with van der Waals surface area (Å²) in [6, 6.07) is 13.3. The van der Waals surface area contributed by atoms with Crippen molar-refractivity contribution in [1.82, 2.24) is 5.32 Å². The smallest absolute Gasteiger partial charge is 0.123 e. The third-order valence-electron chi connectivity index (χ3n) is 3.67. The van der Waals surface area contributed by atoms with Crippen LogP contribution in [0.5, 0.6) is 0 Å². The summed E-state index contributed by atoms with van der Waals surface area (Å²) in [5, 5.41) is 3.17. The van der Waals surface area contributed by atoms with Crippen LogP contribution in [0.1, 0.15) is 24.1 Å². The van der Waals surface area contributed by atoms with Crippen LogP contribution in [0.15, 0.2) is 42.5 Å². The molecular weight excluding hydrogens is 251 g/mol. The molecule has 0 fully saturated rings. The number of hydrogen-bond acceptors (Lipinski definition) is 2. The van der Waals surface area contributed by atoms with Crippen LogP contribution in [-0.4, -0.2) is 14.1 Å². The monoisotopic (exact) mass is 272 g/mol. The van der Waals surface area contributed by atoms with Crippen molar-refractivity contribution < 1.29 is 4.39 Å². The number of nitrogens with one attached hydrogen (secondary N) is 1. The van der Waals surface area contributed by atoms with Gasteiger partial charge in [0.2, 0.25) is 0 Å². The summed E-state index contributed by atoms with van der Waals surface area (Å²) in [5.41, 5.74) is 4.28. The van der Waals surface area contributed by atoms with Gasteiger partial charge in [0.1, 0.15) is 5.82 Å². The van der Waals surface area contributed by atoms with E-state index < -0.39 is 0 Å². The largest absolute Gasteiger partial charge is 0.344 e. The number of hydrogen-bond donors (Lipinski definition) is 1. The first kappa shape index (κ1) is 14.5. The maximum absolute atomic E-state index is 13.5. The highest BCUT2D eigenvalue weighted by Crippen LogP contribution is 2.31. The van der Waals surface area contributed by atoms with Crippen LogP contribution in [-0.2, 0) is 0 Å². The SMILES string of the molecule is CNC(C)c1cc(F)ccc1N(C)c1ccc(C)cc1. The van der Waals surface area contributed by atoms with Gasteiger partial charge in [0.15, 0.2) is 0 Å². The lowest BCUT2D eigenvalue weighted by atomic mass is 10.0. The second-order valence-electron chi connectivity index (χ2n) is 5.11. The molecule has 106 valence electrons. The van der Waals surface area contributed by atoms with Crippen molar-refractivity contribution in [2.75, 3.05) is 19.0 Å². The Kier molecular flexibility index (Phi) is 4.40. The van der Waals surface area contributed by atoms with Gasteiger partial charge in [-0.1, -0.05) is 17.7 Å². The summed E-state index contributed by atoms with van der Waals surface area (Å²) in [6.07, 6.45) is 0. The van der Waals surface area contributed by atoms with Gasteiger partial charge in [-0.2, -0.15) is 0 Å². The molecular formula is C17H21FN2. The van der Waals surface area contributed by atoms with Crippen LogP contribution in [0, 0.1) is 12.7 Å². The molecule has 20 heavy (non-hydrogen) atoms. The lowest BCUT2D eigenvalue weighted by Crippen LogP contribution is -2.18. The fraction of sp³-hybridized carbons (Fsp3) is 0.294. The van der Waals surface area contributed by atoms with Crippen LogP contribution >= 0.6 is 0 Å². The van der Waals surface area contributed by atoms with E-state index in [4.69, 9.17) is 0 Å². The molecule has 3 heteroatoms. The van der Waals surface area contributed by atoms with Gasteiger partial charge in [0.05, 0.1) is 0 Å². The van der Waals surface area contributed by atoms with E-state index in [1.54, 1.807) is 6.07 Å². The Bertz CT molecular complexity index is 578. The van der Waals surface area contributed by atoms with Crippen molar-refractivity contribution >= 4 is 11.4 Å². The molecule has 0 aliphatic rings. The molecule has 0 saturated heterocycles. The first-order valence-corrected chi connectivity index (χ1v) is 6.80. The first-order chi connectivity index (χ1) is 9.52. The van der Waals surface area contributed by atoms with Gasteiger partial charge < -0.3 is 10.2 Å². The summed E-state index contributed by atoms with van der Waals surface area (Å²) in [7, 11) is 3.88. The van der Waals surface area contributed by atoms with Crippen LogP contribution in [0.3, 0.4) is 0 Å². The van der Waals surface area contributed by atoms with Gasteiger partial charge in [-0.05, 0) is 56.8 Å². The van der Waals surface area contributed by atoms with Crippen molar-refractivity contribution in [3.63, 3.8) is 0 Å². The van der Waals surface area contributed by atoms with Gasteiger partial charge in [0, 0.05) is 24.5 Å². The first-order valence-electron chi connectivity index (χ1n) is 6.80. The van der Waals surface area contributed by atoms with E-state index in [1.165, 1.54) is 11.6 Å². The van der Waals surface area contributed by atoms with Crippen LogP contribution in [0.4, 0.5) is 15.8 Å². The second kappa shape index (κ2) is 6.06. The zero-order valence-electron chi connectivity index (χ0n) is 12.4. The summed E-state index contributed by atoms with van der Waals surface area (Å²) < 4.78 is 13.5. The fourth-order valence-corrected chi connectivity index (χ4v) is 2.24. The van der Waals surface area contributed by atoms with Crippen molar-refractivity contribution in [1.29, 1.82) is 0 Å². The molecule has 1 atom stereocenters. The fourth-order valence-electron chi connectivity index (χ4n) is 2.24. The number of nitrogens with zero attached hydrogens (tertiary/aromatic N) is 1. The molecule has 0 heterocycles. The molecule has 0 amide bonds. The molecule has 0 aliphatic heterocycles. The molecule has 0 radical (unpaired) electrons. The van der Waals surface area contributed by atoms with E-state index >= 15 is 0 Å². The van der Waals surface area contributed by atoms with Crippen LogP contribution < -0.4 is 10.2 Å². The minimum atomic E-state index is -0.205. The van der Waals surface area contributed by atoms with Crippen LogP contribution in [0.25, 0.3) is 0 Å². The van der Waals surface area contributed by atoms with Crippen LogP contribution in [0.2, 0.25) is 0 Å². The number of benzene rings is 2. The third-order valence-corrected chi connectivity index (χ3v) is 3.67. The highest BCUT2D eigenvalue weighted by molar-refractivity contribution is 5.66. The van der Waals surface area contributed by atoms with Gasteiger partial charge in [0.25, 0.3) is 0 Å². The Morgan fingerprint density at radius 1 is 1.10 bits per heavy atom. The molecule has 2 aromatic rings. The van der Waals surface area contributed by atoms with Crippen molar-refractivity contribution in [2.45, 2.75) is 19.9 Å². The Morgan fingerprint density at radius 3 is 2.35 bits per heavy atom. The number of halogens is 1. The Labute approximate surface area is 120 Å². The second-order valence-corrected chi connectivity index (χ2v) is 5.11. The number of aryl methyl sites for hydroxylation is 1. The van der Waals surface area contributed by atoms with Gasteiger partial charge in [-0.3, -0.25) is 0 Å². The molecule has 0 aliphatic carbocycles. The van der Waals surface area contributed by atoms with Crippen molar-refractivity contribution in [3.05, 3.63) is 59.4 Å². The minimum Gasteiger partial charge on any atom is -0.344 e. The zero-order valence-corrected chi connectivity index (χ0v) is 12.4. The summed E-state index contributed by atoms with van der Waals surface area (Å²) in [5.74, 6) is -0.205. The summed E-state index contributed by atoms with van der Waals surface area (Å²) in [4.78, 5) is 2.09. The topological polar surface area (TPSA) is 15.3 Å². The zero-order chi connectivity index (χ0) is 14.7. The highest BCUT2D eigenvalue weighted by atomic mass is 19.1. The van der Waals surface area contributed by atoms with E-state index in [-0.39, 0.29) is 11.9 Å². The minimum absolute atomic E-state index is 0.0913. The molecule has 2 aromatic carbocycles. The van der Waals surface area contributed by atoms with E-state index in [2.05, 4.69) is 41.4 Å². The standard InChI is InChI=1S/C17H21FN2/c1-12-5-8-15(9-6-12)20(4)17-10-7-14(18)11-16(17)13(2)19-3/h5-11,13,19H,1-4H3. The molecule has 2 nitrogen and oxygen atoms in total. The molecule has 0 saturated carbocycles. The lowest BCUT2D eigenvalue weighted by Gasteiger charge is -2.25. The molecule has 2 rings (SSSR count). The predicted octanol–water partition coefficient (Wildman–Crippen LogP) is 4.18. The summed E-state index contributed by atoms with van der Waals surface area (Å²) in [6.45, 7) is 4.09. The Hall–Kier alpha value is -1.87. The molecule has 0 spiro atoms. The van der Waals surface area contributed by atoms with Crippen molar-refractivity contribution in [2.24, 2.45) is 0 Å². The predicted molar refractivity (Wildman–Crippen MR) is 83.1 cm³/mol. The summed E-state index contributed by atoms with van der Waals surface area (Å²) >= 11 is 0.